The lowest BCUT2D eigenvalue weighted by atomic mass is 10.00. The average Bonchev–Trinajstić information content (AvgIpc) is 3.63. The van der Waals surface area contributed by atoms with E-state index in [2.05, 4.69) is 31.2 Å². The van der Waals surface area contributed by atoms with Crippen LogP contribution in [0.15, 0.2) is 70.3 Å². The van der Waals surface area contributed by atoms with Crippen molar-refractivity contribution in [2.45, 2.75) is 82.7 Å². The normalized spacial score (nSPS) is 13.8. The molecule has 0 fully saturated rings. The van der Waals surface area contributed by atoms with E-state index in [0.717, 1.165) is 6.07 Å². The standard InChI is InChI=1S/C37H49N8O10P/c1-21(2)13-29(44-37(51)31(16-25-18-40-20-41-25)43-34(48)28(39)5-3-4-12-38)36(50)45-30(14-22-6-9-26(46)10-7-22)35(49)42-24-8-11-27-23(19-56(52,53)54)15-33(47)55-32(27)17-24/h6-11,15,17-18,20-21,28-31,46H,3-5,12-14,16,19,38-39H2,1-2H3,(H,40,41)(H,42,49)(H,43,48)(H,44,51)(H,45,50)(H2,52,53,54)/t28-,29-,30-,31-/m0/s1. The van der Waals surface area contributed by atoms with Gasteiger partial charge in [-0.15, -0.1) is 0 Å². The molecule has 2 heterocycles. The zero-order valence-corrected chi connectivity index (χ0v) is 32.0. The van der Waals surface area contributed by atoms with Crippen LogP contribution in [0.2, 0.25) is 0 Å². The molecule has 0 spiro atoms. The summed E-state index contributed by atoms with van der Waals surface area (Å²) in [5, 5.41) is 21.0. The van der Waals surface area contributed by atoms with Gasteiger partial charge in [0, 0.05) is 47.9 Å². The molecule has 0 saturated heterocycles. The van der Waals surface area contributed by atoms with E-state index in [1.54, 1.807) is 12.1 Å². The van der Waals surface area contributed by atoms with Crippen molar-refractivity contribution in [3.8, 4) is 5.75 Å². The summed E-state index contributed by atoms with van der Waals surface area (Å²) in [7, 11) is -4.53. The molecule has 0 unspecified atom stereocenters. The van der Waals surface area contributed by atoms with Gasteiger partial charge in [0.1, 0.15) is 29.5 Å². The SMILES string of the molecule is CC(C)C[C@H](NC(=O)[C@H](Cc1cnc[nH]1)NC(=O)[C@@H](N)CCCCN)C(=O)N[C@@H](Cc1ccc(O)cc1)C(=O)Nc1ccc2c(CP(=O)(O)O)cc(=O)oc2c1. The number of unbranched alkanes of at least 4 members (excludes halogenated alkanes) is 1. The molecule has 0 radical (unpaired) electrons. The Morgan fingerprint density at radius 2 is 1.55 bits per heavy atom. The number of aromatic hydroxyl groups is 1. The van der Waals surface area contributed by atoms with Gasteiger partial charge in [-0.05, 0) is 67.1 Å². The zero-order chi connectivity index (χ0) is 41.0. The fraction of sp³-hybridized carbons (Fsp3) is 0.405. The number of nitrogens with one attached hydrogen (secondary N) is 5. The summed E-state index contributed by atoms with van der Waals surface area (Å²) in [6.07, 6.45) is 4.02. The first-order chi connectivity index (χ1) is 26.5. The van der Waals surface area contributed by atoms with Crippen molar-refractivity contribution in [2.24, 2.45) is 17.4 Å². The lowest BCUT2D eigenvalue weighted by Crippen LogP contribution is -2.58. The predicted molar refractivity (Wildman–Crippen MR) is 207 cm³/mol. The Morgan fingerprint density at radius 3 is 2.20 bits per heavy atom. The number of hydrogen-bond acceptors (Lipinski definition) is 11. The van der Waals surface area contributed by atoms with E-state index < -0.39 is 67.2 Å². The molecule has 2 aromatic heterocycles. The van der Waals surface area contributed by atoms with Gasteiger partial charge in [0.2, 0.25) is 23.6 Å². The smallest absolute Gasteiger partial charge is 0.336 e. The van der Waals surface area contributed by atoms with Crippen molar-refractivity contribution in [2.75, 3.05) is 11.9 Å². The number of nitrogens with zero attached hydrogens (tertiary/aromatic N) is 1. The van der Waals surface area contributed by atoms with Crippen molar-refractivity contribution in [1.29, 1.82) is 0 Å². The van der Waals surface area contributed by atoms with Crippen LogP contribution in [-0.2, 0) is 42.7 Å². The molecule has 302 valence electrons. The second-order valence-electron chi connectivity index (χ2n) is 14.0. The van der Waals surface area contributed by atoms with Gasteiger partial charge in [-0.25, -0.2) is 9.78 Å². The number of H-pyrrole nitrogens is 1. The number of hydrogen-bond donors (Lipinski definition) is 10. The Labute approximate surface area is 322 Å². The van der Waals surface area contributed by atoms with Crippen LogP contribution in [0.4, 0.5) is 5.69 Å². The van der Waals surface area contributed by atoms with Gasteiger partial charge < -0.3 is 57.0 Å². The molecule has 4 aromatic rings. The number of phenolic OH excluding ortho intramolecular Hbond substituents is 1. The van der Waals surface area contributed by atoms with Crippen molar-refractivity contribution < 1.29 is 43.1 Å². The van der Waals surface area contributed by atoms with Crippen LogP contribution in [0.25, 0.3) is 11.0 Å². The summed E-state index contributed by atoms with van der Waals surface area (Å²) < 4.78 is 16.9. The van der Waals surface area contributed by atoms with Crippen molar-refractivity contribution in [3.63, 3.8) is 0 Å². The van der Waals surface area contributed by atoms with Gasteiger partial charge in [0.05, 0.1) is 18.5 Å². The summed E-state index contributed by atoms with van der Waals surface area (Å²) >= 11 is 0. The number of amides is 4. The quantitative estimate of drug-likeness (QED) is 0.0343. The number of carbonyl (C=O) groups excluding carboxylic acids is 4. The van der Waals surface area contributed by atoms with Crippen LogP contribution in [0, 0.1) is 5.92 Å². The first-order valence-corrected chi connectivity index (χ1v) is 19.8. The minimum Gasteiger partial charge on any atom is -0.508 e. The molecule has 19 heteroatoms. The predicted octanol–water partition coefficient (Wildman–Crippen LogP) is 1.28. The number of phenols is 1. The van der Waals surface area contributed by atoms with E-state index >= 15 is 0 Å². The second kappa shape index (κ2) is 20.0. The number of aromatic nitrogens is 2. The summed E-state index contributed by atoms with van der Waals surface area (Å²) in [6, 6.07) is 6.75. The van der Waals surface area contributed by atoms with Gasteiger partial charge >= 0.3 is 13.2 Å². The number of nitrogens with two attached hydrogens (primary N) is 2. The molecular weight excluding hydrogens is 747 g/mol. The monoisotopic (exact) mass is 796 g/mol. The van der Waals surface area contributed by atoms with Gasteiger partial charge in [-0.1, -0.05) is 32.4 Å². The first-order valence-electron chi connectivity index (χ1n) is 18.1. The van der Waals surface area contributed by atoms with E-state index in [0.29, 0.717) is 37.1 Å². The van der Waals surface area contributed by atoms with Gasteiger partial charge in [0.25, 0.3) is 0 Å². The highest BCUT2D eigenvalue weighted by molar-refractivity contribution is 7.50. The number of anilines is 1. The Hall–Kier alpha value is -5.39. The summed E-state index contributed by atoms with van der Waals surface area (Å²) in [5.41, 5.74) is 12.1. The number of aromatic amines is 1. The summed E-state index contributed by atoms with van der Waals surface area (Å²) in [5.74, 6) is -2.72. The second-order valence-corrected chi connectivity index (χ2v) is 15.6. The average molecular weight is 797 g/mol. The van der Waals surface area contributed by atoms with Crippen LogP contribution < -0.4 is 38.4 Å². The summed E-state index contributed by atoms with van der Waals surface area (Å²) in [4.78, 5) is 92.8. The number of carbonyl (C=O) groups is 4. The lowest BCUT2D eigenvalue weighted by Gasteiger charge is -2.27. The van der Waals surface area contributed by atoms with Crippen LogP contribution in [-0.4, -0.2) is 79.2 Å². The molecule has 2 aromatic carbocycles. The molecule has 12 N–H and O–H groups in total. The third kappa shape index (κ3) is 13.4. The van der Waals surface area contributed by atoms with E-state index in [4.69, 9.17) is 15.9 Å². The van der Waals surface area contributed by atoms with Crippen LogP contribution in [0.3, 0.4) is 0 Å². The Kier molecular flexibility index (Phi) is 15.5. The number of rotatable bonds is 20. The maximum atomic E-state index is 14.0. The highest BCUT2D eigenvalue weighted by atomic mass is 31.2. The highest BCUT2D eigenvalue weighted by Gasteiger charge is 2.32. The Morgan fingerprint density at radius 1 is 0.893 bits per heavy atom. The Balaban J connectivity index is 1.58. The fourth-order valence-corrected chi connectivity index (χ4v) is 6.66. The molecule has 4 rings (SSSR count). The zero-order valence-electron chi connectivity index (χ0n) is 31.1. The molecule has 18 nitrogen and oxygen atoms in total. The fourth-order valence-electron chi connectivity index (χ4n) is 5.96. The molecule has 56 heavy (non-hydrogen) atoms. The molecular formula is C37H49N8O10P. The molecule has 0 saturated carbocycles. The van der Waals surface area contributed by atoms with E-state index in [9.17, 15) is 43.4 Å². The molecule has 4 atom stereocenters. The largest absolute Gasteiger partial charge is 0.508 e. The third-order valence-corrected chi connectivity index (χ3v) is 9.49. The minimum absolute atomic E-state index is 0.0115. The summed E-state index contributed by atoms with van der Waals surface area (Å²) in [6.45, 7) is 4.14. The third-order valence-electron chi connectivity index (χ3n) is 8.74. The maximum absolute atomic E-state index is 14.0. The molecule has 0 bridgehead atoms. The van der Waals surface area contributed by atoms with Gasteiger partial charge in [-0.2, -0.15) is 0 Å². The van der Waals surface area contributed by atoms with E-state index in [-0.39, 0.29) is 53.1 Å². The molecule has 0 aliphatic carbocycles. The topological polar surface area (TPSA) is 305 Å². The maximum Gasteiger partial charge on any atom is 0.336 e. The van der Waals surface area contributed by atoms with Crippen LogP contribution in [0.1, 0.15) is 56.4 Å². The number of fused-ring (bicyclic) bond motifs is 1. The Bertz CT molecular complexity index is 2070. The lowest BCUT2D eigenvalue weighted by molar-refractivity contribution is -0.133. The molecule has 0 aliphatic rings. The van der Waals surface area contributed by atoms with Gasteiger partial charge in [-0.3, -0.25) is 23.7 Å². The van der Waals surface area contributed by atoms with Crippen molar-refractivity contribution in [3.05, 3.63) is 88.3 Å². The van der Waals surface area contributed by atoms with Gasteiger partial charge in [0.15, 0.2) is 0 Å². The number of imidazole rings is 1. The number of benzene rings is 2. The highest BCUT2D eigenvalue weighted by Crippen LogP contribution is 2.40. The minimum atomic E-state index is -4.53. The van der Waals surface area contributed by atoms with Crippen LogP contribution in [0.5, 0.6) is 5.75 Å². The first kappa shape index (κ1) is 43.3. The van der Waals surface area contributed by atoms with Crippen molar-refractivity contribution in [1.82, 2.24) is 25.9 Å². The van der Waals surface area contributed by atoms with Crippen molar-refractivity contribution >= 4 is 47.9 Å². The molecule has 4 amide bonds. The molecule has 0 aliphatic heterocycles. The van der Waals surface area contributed by atoms with Crippen LogP contribution >= 0.6 is 7.60 Å². The van der Waals surface area contributed by atoms with E-state index in [1.165, 1.54) is 42.9 Å². The van der Waals surface area contributed by atoms with E-state index in [1.807, 2.05) is 13.8 Å².